The van der Waals surface area contributed by atoms with Gasteiger partial charge in [-0.15, -0.1) is 0 Å². The summed E-state index contributed by atoms with van der Waals surface area (Å²) in [6.45, 7) is 7.40. The Morgan fingerprint density at radius 3 is 2.59 bits per heavy atom. The van der Waals surface area contributed by atoms with Crippen molar-refractivity contribution < 1.29 is 4.79 Å². The van der Waals surface area contributed by atoms with Gasteiger partial charge in [0.1, 0.15) is 0 Å². The first-order valence-corrected chi connectivity index (χ1v) is 10.2. The maximum atomic E-state index is 12.8. The lowest BCUT2D eigenvalue weighted by atomic mass is 9.68. The Labute approximate surface area is 162 Å². The van der Waals surface area contributed by atoms with E-state index in [4.69, 9.17) is 0 Å². The quantitative estimate of drug-likeness (QED) is 0.832. The third-order valence-electron chi connectivity index (χ3n) is 6.46. The Hall–Kier alpha value is -2.20. The summed E-state index contributed by atoms with van der Waals surface area (Å²) in [5.74, 6) is 0.723. The van der Waals surface area contributed by atoms with E-state index in [0.29, 0.717) is 16.9 Å². The second-order valence-electron chi connectivity index (χ2n) is 8.17. The Kier molecular flexibility index (Phi) is 5.26. The van der Waals surface area contributed by atoms with Gasteiger partial charge in [-0.1, -0.05) is 37.3 Å². The highest BCUT2D eigenvalue weighted by molar-refractivity contribution is 5.93. The summed E-state index contributed by atoms with van der Waals surface area (Å²) in [6, 6.07) is 14.7. The van der Waals surface area contributed by atoms with Crippen LogP contribution in [0.1, 0.15) is 48.0 Å². The van der Waals surface area contributed by atoms with Gasteiger partial charge in [0.05, 0.1) is 5.56 Å². The van der Waals surface area contributed by atoms with Crippen molar-refractivity contribution >= 4 is 5.91 Å². The van der Waals surface area contributed by atoms with Crippen LogP contribution in [-0.4, -0.2) is 53.4 Å². The van der Waals surface area contributed by atoms with Crippen LogP contribution in [0.4, 0.5) is 0 Å². The highest BCUT2D eigenvalue weighted by atomic mass is 16.2. The fraction of sp³-hybridized carbons (Fsp3) is 0.478. The first kappa shape index (κ1) is 18.2. The third kappa shape index (κ3) is 3.91. The van der Waals surface area contributed by atoms with Gasteiger partial charge in [0.15, 0.2) is 0 Å². The van der Waals surface area contributed by atoms with E-state index in [1.807, 2.05) is 17.0 Å². The number of hydrogen-bond acceptors (Lipinski definition) is 3. The Morgan fingerprint density at radius 2 is 1.93 bits per heavy atom. The SMILES string of the molecule is CCN1C[C@@H](c2ccccc2)CC2(CCN(C(=O)c3cccnc3)CC2)C1. The van der Waals surface area contributed by atoms with Gasteiger partial charge in [-0.05, 0) is 54.8 Å². The average molecular weight is 364 g/mol. The van der Waals surface area contributed by atoms with Crippen LogP contribution in [-0.2, 0) is 0 Å². The summed E-state index contributed by atoms with van der Waals surface area (Å²) >= 11 is 0. The van der Waals surface area contributed by atoms with Crippen LogP contribution in [0.2, 0.25) is 0 Å². The zero-order chi connectivity index (χ0) is 18.7. The van der Waals surface area contributed by atoms with Crippen LogP contribution in [0, 0.1) is 5.41 Å². The molecule has 1 spiro atoms. The molecule has 2 aliphatic heterocycles. The van der Waals surface area contributed by atoms with Crippen molar-refractivity contribution in [2.24, 2.45) is 5.41 Å². The molecule has 0 N–H and O–H groups in total. The molecule has 2 fully saturated rings. The lowest BCUT2D eigenvalue weighted by molar-refractivity contribution is 0.0158. The number of likely N-dealkylation sites (N-methyl/N-ethyl adjacent to an activating group) is 1. The minimum absolute atomic E-state index is 0.126. The van der Waals surface area contributed by atoms with E-state index >= 15 is 0 Å². The molecular formula is C23H29N3O. The van der Waals surface area contributed by atoms with Crippen molar-refractivity contribution in [2.45, 2.75) is 32.1 Å². The van der Waals surface area contributed by atoms with Crippen molar-refractivity contribution in [2.75, 3.05) is 32.7 Å². The third-order valence-corrected chi connectivity index (χ3v) is 6.46. The molecule has 4 heteroatoms. The molecule has 0 aliphatic carbocycles. The van der Waals surface area contributed by atoms with Crippen LogP contribution in [0.3, 0.4) is 0 Å². The highest BCUT2D eigenvalue weighted by Gasteiger charge is 2.42. The molecule has 142 valence electrons. The smallest absolute Gasteiger partial charge is 0.255 e. The fourth-order valence-corrected chi connectivity index (χ4v) is 4.91. The molecule has 0 unspecified atom stereocenters. The topological polar surface area (TPSA) is 36.4 Å². The molecule has 3 heterocycles. The van der Waals surface area contributed by atoms with Crippen molar-refractivity contribution in [3.63, 3.8) is 0 Å². The zero-order valence-corrected chi connectivity index (χ0v) is 16.2. The van der Waals surface area contributed by atoms with Crippen molar-refractivity contribution in [3.8, 4) is 0 Å². The lowest BCUT2D eigenvalue weighted by Gasteiger charge is -2.50. The van der Waals surface area contributed by atoms with Crippen LogP contribution >= 0.6 is 0 Å². The van der Waals surface area contributed by atoms with E-state index in [1.54, 1.807) is 12.4 Å². The molecule has 0 radical (unpaired) electrons. The molecule has 1 amide bonds. The minimum Gasteiger partial charge on any atom is -0.339 e. The largest absolute Gasteiger partial charge is 0.339 e. The number of nitrogens with zero attached hydrogens (tertiary/aromatic N) is 3. The summed E-state index contributed by atoms with van der Waals surface area (Å²) in [5.41, 5.74) is 2.50. The van der Waals surface area contributed by atoms with Gasteiger partial charge in [0.25, 0.3) is 5.91 Å². The van der Waals surface area contributed by atoms with E-state index < -0.39 is 0 Å². The highest BCUT2D eigenvalue weighted by Crippen LogP contribution is 2.45. The van der Waals surface area contributed by atoms with Gasteiger partial charge in [0.2, 0.25) is 0 Å². The Morgan fingerprint density at radius 1 is 1.15 bits per heavy atom. The summed E-state index contributed by atoms with van der Waals surface area (Å²) < 4.78 is 0. The van der Waals surface area contributed by atoms with E-state index in [1.165, 1.54) is 18.5 Å². The normalized spacial score (nSPS) is 22.7. The molecule has 0 saturated carbocycles. The van der Waals surface area contributed by atoms with E-state index in [9.17, 15) is 4.79 Å². The Balaban J connectivity index is 1.46. The number of likely N-dealkylation sites (tertiary alicyclic amines) is 2. The first-order valence-electron chi connectivity index (χ1n) is 10.2. The van der Waals surface area contributed by atoms with Gasteiger partial charge in [-0.3, -0.25) is 9.78 Å². The van der Waals surface area contributed by atoms with Crippen LogP contribution < -0.4 is 0 Å². The van der Waals surface area contributed by atoms with E-state index in [-0.39, 0.29) is 5.91 Å². The van der Waals surface area contributed by atoms with Crippen molar-refractivity contribution in [1.82, 2.24) is 14.8 Å². The van der Waals surface area contributed by atoms with Crippen molar-refractivity contribution in [1.29, 1.82) is 0 Å². The molecule has 1 aromatic heterocycles. The lowest BCUT2D eigenvalue weighted by Crippen LogP contribution is -2.52. The van der Waals surface area contributed by atoms with Gasteiger partial charge in [-0.25, -0.2) is 0 Å². The number of carbonyl (C=O) groups is 1. The van der Waals surface area contributed by atoms with Crippen LogP contribution in [0.25, 0.3) is 0 Å². The standard InChI is InChI=1S/C23H29N3O/c1-2-25-17-21(19-7-4-3-5-8-19)15-23(18-25)10-13-26(14-11-23)22(27)20-9-6-12-24-16-20/h3-9,12,16,21H,2,10-11,13-15,17-18H2,1H3/t21-/m0/s1. The van der Waals surface area contributed by atoms with Gasteiger partial charge in [-0.2, -0.15) is 0 Å². The molecule has 1 aromatic carbocycles. The molecule has 0 bridgehead atoms. The first-order chi connectivity index (χ1) is 13.2. The second kappa shape index (κ2) is 7.81. The van der Waals surface area contributed by atoms with E-state index in [0.717, 1.165) is 39.0 Å². The van der Waals surface area contributed by atoms with E-state index in [2.05, 4.69) is 47.1 Å². The van der Waals surface area contributed by atoms with Gasteiger partial charge in [0, 0.05) is 38.6 Å². The predicted molar refractivity (Wildman–Crippen MR) is 108 cm³/mol. The number of pyridine rings is 1. The molecule has 2 saturated heterocycles. The number of amides is 1. The average Bonchev–Trinajstić information content (AvgIpc) is 2.75. The number of hydrogen-bond donors (Lipinski definition) is 0. The summed E-state index contributed by atoms with van der Waals surface area (Å²) in [4.78, 5) is 21.5. The molecule has 4 rings (SSSR count). The molecule has 2 aliphatic rings. The summed E-state index contributed by atoms with van der Waals surface area (Å²) in [5, 5.41) is 0. The second-order valence-corrected chi connectivity index (χ2v) is 8.17. The number of piperidine rings is 2. The molecule has 4 nitrogen and oxygen atoms in total. The van der Waals surface area contributed by atoms with Crippen LogP contribution in [0.5, 0.6) is 0 Å². The summed E-state index contributed by atoms with van der Waals surface area (Å²) in [6.07, 6.45) is 6.82. The number of rotatable bonds is 3. The monoisotopic (exact) mass is 363 g/mol. The maximum Gasteiger partial charge on any atom is 0.255 e. The fourth-order valence-electron chi connectivity index (χ4n) is 4.91. The molecule has 2 aromatic rings. The number of carbonyl (C=O) groups excluding carboxylic acids is 1. The number of benzene rings is 1. The van der Waals surface area contributed by atoms with Gasteiger partial charge >= 0.3 is 0 Å². The predicted octanol–water partition coefficient (Wildman–Crippen LogP) is 3.81. The Bertz CT molecular complexity index is 754. The maximum absolute atomic E-state index is 12.8. The molecule has 1 atom stereocenters. The number of aromatic nitrogens is 1. The molecule has 27 heavy (non-hydrogen) atoms. The van der Waals surface area contributed by atoms with Crippen LogP contribution in [0.15, 0.2) is 54.9 Å². The van der Waals surface area contributed by atoms with Crippen molar-refractivity contribution in [3.05, 3.63) is 66.0 Å². The van der Waals surface area contributed by atoms with Gasteiger partial charge < -0.3 is 9.80 Å². The zero-order valence-electron chi connectivity index (χ0n) is 16.2. The molecular weight excluding hydrogens is 334 g/mol. The minimum atomic E-state index is 0.126. The summed E-state index contributed by atoms with van der Waals surface area (Å²) in [7, 11) is 0.